The summed E-state index contributed by atoms with van der Waals surface area (Å²) in [5.74, 6) is -0.959. The highest BCUT2D eigenvalue weighted by molar-refractivity contribution is 5.79. The molecule has 3 N–H and O–H groups in total. The van der Waals surface area contributed by atoms with E-state index in [-0.39, 0.29) is 6.54 Å². The van der Waals surface area contributed by atoms with Crippen molar-refractivity contribution in [2.45, 2.75) is 6.54 Å². The summed E-state index contributed by atoms with van der Waals surface area (Å²) in [5.41, 5.74) is 7.40. The molecular weight excluding hydrogens is 184 g/mol. The molecule has 0 unspecified atom stereocenters. The lowest BCUT2D eigenvalue weighted by Gasteiger charge is -1.97. The fourth-order valence-electron chi connectivity index (χ4n) is 1.23. The number of carbonyl (C=O) groups is 1. The van der Waals surface area contributed by atoms with Crippen LogP contribution in [-0.4, -0.2) is 26.1 Å². The number of aromatic nitrogens is 3. The summed E-state index contributed by atoms with van der Waals surface area (Å²) in [6.45, 7) is -0.208. The summed E-state index contributed by atoms with van der Waals surface area (Å²) in [5, 5.41) is 16.1. The van der Waals surface area contributed by atoms with Gasteiger partial charge in [0.25, 0.3) is 0 Å². The van der Waals surface area contributed by atoms with E-state index in [1.165, 1.54) is 4.68 Å². The summed E-state index contributed by atoms with van der Waals surface area (Å²) in [6.07, 6.45) is 0. The molecule has 0 atom stereocenters. The fraction of sp³-hybridized carbons (Fsp3) is 0.125. The van der Waals surface area contributed by atoms with Crippen LogP contribution in [0.2, 0.25) is 0 Å². The number of hydrogen-bond donors (Lipinski definition) is 2. The summed E-state index contributed by atoms with van der Waals surface area (Å²) in [7, 11) is 0. The number of benzene rings is 1. The number of aliphatic carboxylic acids is 1. The Balaban J connectivity index is 2.55. The Kier molecular flexibility index (Phi) is 1.81. The van der Waals surface area contributed by atoms with Crippen LogP contribution in [0.15, 0.2) is 18.2 Å². The van der Waals surface area contributed by atoms with E-state index in [1.54, 1.807) is 18.2 Å². The van der Waals surface area contributed by atoms with Crippen LogP contribution in [0.5, 0.6) is 0 Å². The van der Waals surface area contributed by atoms with E-state index in [0.29, 0.717) is 16.7 Å². The van der Waals surface area contributed by atoms with Gasteiger partial charge in [0.2, 0.25) is 0 Å². The van der Waals surface area contributed by atoms with E-state index in [0.717, 1.165) is 0 Å². The Bertz CT molecular complexity index is 491. The predicted octanol–water partition coefficient (Wildman–Crippen LogP) is 0.0981. The van der Waals surface area contributed by atoms with E-state index in [9.17, 15) is 4.79 Å². The molecule has 0 saturated carbocycles. The SMILES string of the molecule is Nc1ccc2nnn(CC(=O)O)c2c1. The van der Waals surface area contributed by atoms with Crippen molar-refractivity contribution in [1.29, 1.82) is 0 Å². The average molecular weight is 192 g/mol. The first-order valence-corrected chi connectivity index (χ1v) is 3.97. The standard InChI is InChI=1S/C8H8N4O2/c9-5-1-2-6-7(3-5)12(11-10-6)4-8(13)14/h1-3H,4,9H2,(H,13,14). The van der Waals surface area contributed by atoms with Crippen molar-refractivity contribution in [2.75, 3.05) is 5.73 Å². The van der Waals surface area contributed by atoms with E-state index >= 15 is 0 Å². The number of fused-ring (bicyclic) bond motifs is 1. The second-order valence-corrected chi connectivity index (χ2v) is 2.89. The molecule has 1 aromatic carbocycles. The molecule has 72 valence electrons. The van der Waals surface area contributed by atoms with Crippen molar-refractivity contribution in [3.63, 3.8) is 0 Å². The van der Waals surface area contributed by atoms with Gasteiger partial charge in [-0.3, -0.25) is 4.79 Å². The third kappa shape index (κ3) is 1.37. The number of anilines is 1. The molecule has 14 heavy (non-hydrogen) atoms. The largest absolute Gasteiger partial charge is 0.480 e. The molecule has 0 amide bonds. The quantitative estimate of drug-likeness (QED) is 0.658. The molecule has 0 radical (unpaired) electrons. The van der Waals surface area contributed by atoms with Crippen molar-refractivity contribution < 1.29 is 9.90 Å². The minimum absolute atomic E-state index is 0.208. The molecule has 0 spiro atoms. The highest BCUT2D eigenvalue weighted by Gasteiger charge is 2.07. The average Bonchev–Trinajstić information content (AvgIpc) is 2.47. The lowest BCUT2D eigenvalue weighted by Crippen LogP contribution is -2.10. The first-order valence-electron chi connectivity index (χ1n) is 3.97. The van der Waals surface area contributed by atoms with E-state index in [2.05, 4.69) is 10.3 Å². The summed E-state index contributed by atoms with van der Waals surface area (Å²) in [6, 6.07) is 5.05. The normalized spacial score (nSPS) is 10.6. The van der Waals surface area contributed by atoms with Crippen molar-refractivity contribution in [3.8, 4) is 0 Å². The molecule has 0 aliphatic carbocycles. The maximum Gasteiger partial charge on any atom is 0.325 e. The van der Waals surface area contributed by atoms with Crippen molar-refractivity contribution >= 4 is 22.7 Å². The number of nitrogens with zero attached hydrogens (tertiary/aromatic N) is 3. The molecule has 0 saturated heterocycles. The van der Waals surface area contributed by atoms with Crippen LogP contribution in [-0.2, 0) is 11.3 Å². The third-order valence-electron chi connectivity index (χ3n) is 1.82. The Labute approximate surface area is 78.9 Å². The maximum absolute atomic E-state index is 10.5. The molecule has 0 fully saturated rings. The van der Waals surface area contributed by atoms with Gasteiger partial charge in [0.1, 0.15) is 12.1 Å². The fourth-order valence-corrected chi connectivity index (χ4v) is 1.23. The number of hydrogen-bond acceptors (Lipinski definition) is 4. The van der Waals surface area contributed by atoms with E-state index in [1.807, 2.05) is 0 Å². The van der Waals surface area contributed by atoms with Crippen molar-refractivity contribution in [3.05, 3.63) is 18.2 Å². The summed E-state index contributed by atoms with van der Waals surface area (Å²) >= 11 is 0. The number of nitrogen functional groups attached to an aromatic ring is 1. The molecule has 0 bridgehead atoms. The van der Waals surface area contributed by atoms with Crippen molar-refractivity contribution in [2.24, 2.45) is 0 Å². The zero-order valence-corrected chi connectivity index (χ0v) is 7.21. The molecule has 6 nitrogen and oxygen atoms in total. The van der Waals surface area contributed by atoms with Crippen LogP contribution < -0.4 is 5.73 Å². The maximum atomic E-state index is 10.5. The predicted molar refractivity (Wildman–Crippen MR) is 49.6 cm³/mol. The molecule has 2 rings (SSSR count). The highest BCUT2D eigenvalue weighted by Crippen LogP contribution is 2.14. The Morgan fingerprint density at radius 1 is 1.57 bits per heavy atom. The first-order chi connectivity index (χ1) is 6.66. The van der Waals surface area contributed by atoms with Gasteiger partial charge in [-0.1, -0.05) is 5.21 Å². The molecule has 6 heteroatoms. The Morgan fingerprint density at radius 2 is 2.36 bits per heavy atom. The van der Waals surface area contributed by atoms with Gasteiger partial charge in [0.15, 0.2) is 0 Å². The lowest BCUT2D eigenvalue weighted by molar-refractivity contribution is -0.137. The Hall–Kier alpha value is -2.11. The van der Waals surface area contributed by atoms with E-state index in [4.69, 9.17) is 10.8 Å². The highest BCUT2D eigenvalue weighted by atomic mass is 16.4. The van der Waals surface area contributed by atoms with Crippen LogP contribution in [0.3, 0.4) is 0 Å². The summed E-state index contributed by atoms with van der Waals surface area (Å²) in [4.78, 5) is 10.5. The zero-order chi connectivity index (χ0) is 10.1. The number of rotatable bonds is 2. The first kappa shape index (κ1) is 8.49. The van der Waals surface area contributed by atoms with Crippen LogP contribution in [0.4, 0.5) is 5.69 Å². The topological polar surface area (TPSA) is 94.0 Å². The number of carboxylic acid groups (broad SMARTS) is 1. The number of carboxylic acids is 1. The zero-order valence-electron chi connectivity index (χ0n) is 7.21. The van der Waals surface area contributed by atoms with Crippen LogP contribution in [0.25, 0.3) is 11.0 Å². The molecule has 1 heterocycles. The molecular formula is C8H8N4O2. The molecule has 1 aromatic heterocycles. The van der Waals surface area contributed by atoms with Crippen molar-refractivity contribution in [1.82, 2.24) is 15.0 Å². The van der Waals surface area contributed by atoms with Gasteiger partial charge in [-0.2, -0.15) is 0 Å². The van der Waals surface area contributed by atoms with Gasteiger partial charge in [0.05, 0.1) is 5.52 Å². The van der Waals surface area contributed by atoms with Gasteiger partial charge < -0.3 is 10.8 Å². The summed E-state index contributed by atoms with van der Waals surface area (Å²) < 4.78 is 1.30. The molecule has 0 aliphatic rings. The number of nitrogens with two attached hydrogens (primary N) is 1. The van der Waals surface area contributed by atoms with Crippen LogP contribution >= 0.6 is 0 Å². The van der Waals surface area contributed by atoms with Crippen LogP contribution in [0, 0.1) is 0 Å². The second-order valence-electron chi connectivity index (χ2n) is 2.89. The minimum Gasteiger partial charge on any atom is -0.480 e. The Morgan fingerprint density at radius 3 is 3.07 bits per heavy atom. The van der Waals surface area contributed by atoms with Gasteiger partial charge in [-0.25, -0.2) is 4.68 Å². The third-order valence-corrected chi connectivity index (χ3v) is 1.82. The van der Waals surface area contributed by atoms with Gasteiger partial charge in [-0.05, 0) is 18.2 Å². The monoisotopic (exact) mass is 192 g/mol. The smallest absolute Gasteiger partial charge is 0.325 e. The van der Waals surface area contributed by atoms with Gasteiger partial charge in [-0.15, -0.1) is 5.10 Å². The van der Waals surface area contributed by atoms with Crippen LogP contribution in [0.1, 0.15) is 0 Å². The van der Waals surface area contributed by atoms with E-state index < -0.39 is 5.97 Å². The molecule has 0 aliphatic heterocycles. The second kappa shape index (κ2) is 2.99. The van der Waals surface area contributed by atoms with Gasteiger partial charge >= 0.3 is 5.97 Å². The van der Waals surface area contributed by atoms with Gasteiger partial charge in [0, 0.05) is 5.69 Å². The minimum atomic E-state index is -0.959. The molecule has 2 aromatic rings. The lowest BCUT2D eigenvalue weighted by atomic mass is 10.3.